The van der Waals surface area contributed by atoms with Crippen molar-refractivity contribution in [2.75, 3.05) is 12.9 Å². The summed E-state index contributed by atoms with van der Waals surface area (Å²) in [5.41, 5.74) is 1.28. The van der Waals surface area contributed by atoms with Crippen molar-refractivity contribution in [2.45, 2.75) is 70.3 Å². The molecule has 0 saturated carbocycles. The monoisotopic (exact) mass is 324 g/mol. The maximum absolute atomic E-state index is 12.3. The van der Waals surface area contributed by atoms with Gasteiger partial charge in [0.05, 0.1) is 5.60 Å². The van der Waals surface area contributed by atoms with Gasteiger partial charge in [0.25, 0.3) is 0 Å². The number of methoxy groups -OCH3 is 1. The van der Waals surface area contributed by atoms with Crippen LogP contribution in [0.2, 0.25) is 0 Å². The fourth-order valence-electron chi connectivity index (χ4n) is 2.43. The van der Waals surface area contributed by atoms with Gasteiger partial charge in [-0.15, -0.1) is 0 Å². The Morgan fingerprint density at radius 2 is 1.82 bits per heavy atom. The van der Waals surface area contributed by atoms with Crippen LogP contribution in [0.1, 0.15) is 58.9 Å². The average molecular weight is 325 g/mol. The smallest absolute Gasteiger partial charge is 0.152 e. The zero-order valence-electron chi connectivity index (χ0n) is 14.9. The lowest BCUT2D eigenvalue weighted by molar-refractivity contribution is 0.0127. The molecule has 2 atom stereocenters. The third-order valence-electron chi connectivity index (χ3n) is 4.42. The van der Waals surface area contributed by atoms with Crippen LogP contribution in [0.25, 0.3) is 0 Å². The Morgan fingerprint density at radius 3 is 2.36 bits per heavy atom. The highest BCUT2D eigenvalue weighted by Crippen LogP contribution is 2.22. The summed E-state index contributed by atoms with van der Waals surface area (Å²) in [6, 6.07) is 8.20. The van der Waals surface area contributed by atoms with Gasteiger partial charge in [-0.25, -0.2) is 0 Å². The van der Waals surface area contributed by atoms with Crippen LogP contribution in [0.15, 0.2) is 29.2 Å². The molecule has 0 bridgehead atoms. The van der Waals surface area contributed by atoms with Crippen molar-refractivity contribution in [1.29, 1.82) is 0 Å². The van der Waals surface area contributed by atoms with Gasteiger partial charge in [0.2, 0.25) is 0 Å². The van der Waals surface area contributed by atoms with E-state index in [1.807, 2.05) is 12.1 Å². The topological polar surface area (TPSA) is 32.3 Å². The zero-order valence-corrected chi connectivity index (χ0v) is 15.7. The Bertz CT molecular complexity index is 414. The number of aryl methyl sites for hydroxylation is 1. The summed E-state index contributed by atoms with van der Waals surface area (Å²) in [6.45, 7) is 8.66. The van der Waals surface area contributed by atoms with E-state index in [-0.39, 0.29) is 5.60 Å². The van der Waals surface area contributed by atoms with Crippen LogP contribution in [-0.4, -0.2) is 23.0 Å². The first kappa shape index (κ1) is 19.5. The molecule has 22 heavy (non-hydrogen) atoms. The number of rotatable bonds is 10. The molecule has 1 aromatic carbocycles. The number of hydrogen-bond donors (Lipinski definition) is 0. The molecule has 0 aliphatic rings. The van der Waals surface area contributed by atoms with Crippen molar-refractivity contribution in [3.8, 4) is 0 Å². The number of hydrogen-bond acceptors (Lipinski definition) is 2. The molecule has 3 heteroatoms. The average Bonchev–Trinajstić information content (AvgIpc) is 2.52. The predicted octanol–water partition coefficient (Wildman–Crippen LogP) is 4.98. The predicted molar refractivity (Wildman–Crippen MR) is 95.8 cm³/mol. The highest BCUT2D eigenvalue weighted by molar-refractivity contribution is 7.91. The fourth-order valence-corrected chi connectivity index (χ4v) is 3.72. The van der Waals surface area contributed by atoms with E-state index in [1.54, 1.807) is 7.11 Å². The Labute approximate surface area is 139 Å². The lowest BCUT2D eigenvalue weighted by Gasteiger charge is -2.23. The summed E-state index contributed by atoms with van der Waals surface area (Å²) in [7, 11) is 1.77. The molecule has 0 spiro atoms. The van der Waals surface area contributed by atoms with Crippen LogP contribution in [0, 0.1) is 5.92 Å². The van der Waals surface area contributed by atoms with Crippen LogP contribution in [-0.2, 0) is 22.3 Å². The minimum atomic E-state index is -0.863. The van der Waals surface area contributed by atoms with Gasteiger partial charge in [0.15, 0.2) is 4.90 Å². The molecular formula is C19H32O2S. The van der Waals surface area contributed by atoms with E-state index in [2.05, 4.69) is 39.8 Å². The summed E-state index contributed by atoms with van der Waals surface area (Å²) in [5.74, 6) is 1.38. The molecule has 0 N–H and O–H groups in total. The van der Waals surface area contributed by atoms with Gasteiger partial charge in [-0.3, -0.25) is 0 Å². The quantitative estimate of drug-likeness (QED) is 0.569. The van der Waals surface area contributed by atoms with E-state index < -0.39 is 11.2 Å². The molecule has 0 heterocycles. The molecule has 126 valence electrons. The second-order valence-corrected chi connectivity index (χ2v) is 8.37. The first-order valence-corrected chi connectivity index (χ1v) is 9.72. The minimum Gasteiger partial charge on any atom is -0.611 e. The van der Waals surface area contributed by atoms with E-state index in [9.17, 15) is 4.55 Å². The van der Waals surface area contributed by atoms with Crippen LogP contribution < -0.4 is 0 Å². The maximum atomic E-state index is 12.3. The molecule has 0 aliphatic carbocycles. The molecule has 1 rings (SSSR count). The second-order valence-electron chi connectivity index (χ2n) is 6.80. The Hall–Kier alpha value is -0.510. The number of benzene rings is 1. The third-order valence-corrected chi connectivity index (χ3v) is 5.82. The van der Waals surface area contributed by atoms with Crippen LogP contribution in [0.3, 0.4) is 0 Å². The van der Waals surface area contributed by atoms with E-state index in [1.165, 1.54) is 18.4 Å². The summed E-state index contributed by atoms with van der Waals surface area (Å²) >= 11 is -0.863. The maximum Gasteiger partial charge on any atom is 0.152 e. The molecule has 1 aromatic rings. The lowest BCUT2D eigenvalue weighted by Crippen LogP contribution is -2.22. The fraction of sp³-hybridized carbons (Fsp3) is 0.684. The summed E-state index contributed by atoms with van der Waals surface area (Å²) in [5, 5.41) is 0. The van der Waals surface area contributed by atoms with Gasteiger partial charge in [0.1, 0.15) is 5.75 Å². The first-order chi connectivity index (χ1) is 10.4. The number of ether oxygens (including phenoxy) is 1. The third kappa shape index (κ3) is 7.17. The van der Waals surface area contributed by atoms with Crippen molar-refractivity contribution >= 4 is 11.2 Å². The van der Waals surface area contributed by atoms with Gasteiger partial charge in [-0.05, 0) is 67.9 Å². The SMILES string of the molecule is CCc1ccc([S+]([O-])CCC(C)CCCC(C)(C)OC)cc1. The van der Waals surface area contributed by atoms with Crippen molar-refractivity contribution in [3.63, 3.8) is 0 Å². The van der Waals surface area contributed by atoms with Crippen LogP contribution in [0.4, 0.5) is 0 Å². The molecule has 2 unspecified atom stereocenters. The molecular weight excluding hydrogens is 292 g/mol. The first-order valence-electron chi connectivity index (χ1n) is 8.40. The highest BCUT2D eigenvalue weighted by Gasteiger charge is 2.17. The summed E-state index contributed by atoms with van der Waals surface area (Å²) in [4.78, 5) is 0.963. The van der Waals surface area contributed by atoms with Gasteiger partial charge < -0.3 is 9.29 Å². The molecule has 0 saturated heterocycles. The summed E-state index contributed by atoms with van der Waals surface area (Å²) in [6.07, 6.45) is 5.48. The van der Waals surface area contributed by atoms with E-state index >= 15 is 0 Å². The van der Waals surface area contributed by atoms with Crippen LogP contribution >= 0.6 is 0 Å². The Morgan fingerprint density at radius 1 is 1.18 bits per heavy atom. The van der Waals surface area contributed by atoms with E-state index in [0.717, 1.165) is 29.9 Å². The van der Waals surface area contributed by atoms with Gasteiger partial charge >= 0.3 is 0 Å². The van der Waals surface area contributed by atoms with Gasteiger partial charge in [0, 0.05) is 7.11 Å². The molecule has 2 nitrogen and oxygen atoms in total. The molecule has 0 aliphatic heterocycles. The molecule has 0 radical (unpaired) electrons. The minimum absolute atomic E-state index is 0.0242. The molecule has 0 aromatic heterocycles. The van der Waals surface area contributed by atoms with Crippen molar-refractivity contribution in [3.05, 3.63) is 29.8 Å². The largest absolute Gasteiger partial charge is 0.611 e. The van der Waals surface area contributed by atoms with Crippen molar-refractivity contribution < 1.29 is 9.29 Å². The van der Waals surface area contributed by atoms with Crippen LogP contribution in [0.5, 0.6) is 0 Å². The van der Waals surface area contributed by atoms with E-state index in [0.29, 0.717) is 5.92 Å². The molecule has 0 fully saturated rings. The standard InChI is InChI=1S/C19H32O2S/c1-6-17-9-11-18(12-10-17)22(20)15-13-16(2)8-7-14-19(3,4)21-5/h9-12,16H,6-8,13-15H2,1-5H3. The van der Waals surface area contributed by atoms with Crippen molar-refractivity contribution in [2.24, 2.45) is 5.92 Å². The zero-order chi connectivity index (χ0) is 16.6. The normalized spacial score (nSPS) is 14.8. The Balaban J connectivity index is 2.29. The van der Waals surface area contributed by atoms with Crippen molar-refractivity contribution in [1.82, 2.24) is 0 Å². The van der Waals surface area contributed by atoms with Gasteiger partial charge in [-0.1, -0.05) is 38.8 Å². The second kappa shape index (κ2) is 9.59. The van der Waals surface area contributed by atoms with Gasteiger partial charge in [-0.2, -0.15) is 0 Å². The molecule has 0 amide bonds. The Kier molecular flexibility index (Phi) is 8.52. The lowest BCUT2D eigenvalue weighted by atomic mass is 9.95. The highest BCUT2D eigenvalue weighted by atomic mass is 32.2. The summed E-state index contributed by atoms with van der Waals surface area (Å²) < 4.78 is 17.8. The van der Waals surface area contributed by atoms with E-state index in [4.69, 9.17) is 4.74 Å².